The third kappa shape index (κ3) is 4.60. The van der Waals surface area contributed by atoms with E-state index in [1.165, 1.54) is 60.6 Å². The zero-order valence-electron chi connectivity index (χ0n) is 28.2. The summed E-state index contributed by atoms with van der Waals surface area (Å²) in [6, 6.07) is 63.0. The van der Waals surface area contributed by atoms with Crippen LogP contribution in [0.1, 0.15) is 11.1 Å². The van der Waals surface area contributed by atoms with Crippen molar-refractivity contribution >= 4 is 65.7 Å². The van der Waals surface area contributed by atoms with E-state index in [0.29, 0.717) is 0 Å². The Balaban J connectivity index is 0.954. The second kappa shape index (κ2) is 11.3. The number of hydrogen-bond donors (Lipinski definition) is 0. The number of benzene rings is 8. The standard InChI is InChI=1S/C49H31NO2/c1-2-8-33(9-3-1)35-19-22-45-40(28-35)38-10-4-6-12-44(38)50(45)37-21-25-49-43(30-37)42-29-36(20-24-48(42)52-49)34-17-14-31(15-18-34)26-32-16-23-47-41(27-32)39-11-5-7-13-46(39)51-47/h1-25,27-30H,26H2. The van der Waals surface area contributed by atoms with Crippen LogP contribution in [0.5, 0.6) is 0 Å². The summed E-state index contributed by atoms with van der Waals surface area (Å²) in [6.07, 6.45) is 0.861. The molecule has 11 rings (SSSR count). The third-order valence-electron chi connectivity index (χ3n) is 10.6. The van der Waals surface area contributed by atoms with Crippen molar-refractivity contribution in [3.8, 4) is 27.9 Å². The van der Waals surface area contributed by atoms with Crippen LogP contribution >= 0.6 is 0 Å². The summed E-state index contributed by atoms with van der Waals surface area (Å²) in [4.78, 5) is 0. The highest BCUT2D eigenvalue weighted by atomic mass is 16.3. The van der Waals surface area contributed by atoms with Crippen molar-refractivity contribution in [2.45, 2.75) is 6.42 Å². The number of fused-ring (bicyclic) bond motifs is 9. The van der Waals surface area contributed by atoms with Gasteiger partial charge in [-0.2, -0.15) is 0 Å². The lowest BCUT2D eigenvalue weighted by atomic mass is 9.98. The Morgan fingerprint density at radius 3 is 1.69 bits per heavy atom. The van der Waals surface area contributed by atoms with Crippen LogP contribution in [0, 0.1) is 0 Å². The van der Waals surface area contributed by atoms with Crippen LogP contribution in [0.25, 0.3) is 93.6 Å². The highest BCUT2D eigenvalue weighted by Crippen LogP contribution is 2.38. The fourth-order valence-electron chi connectivity index (χ4n) is 8.08. The predicted octanol–water partition coefficient (Wildman–Crippen LogP) is 13.5. The molecule has 244 valence electrons. The van der Waals surface area contributed by atoms with Gasteiger partial charge >= 0.3 is 0 Å². The molecule has 0 aliphatic heterocycles. The molecule has 0 atom stereocenters. The van der Waals surface area contributed by atoms with Gasteiger partial charge in [0.1, 0.15) is 22.3 Å². The van der Waals surface area contributed by atoms with Crippen molar-refractivity contribution in [2.75, 3.05) is 0 Å². The molecular formula is C49H31NO2. The minimum Gasteiger partial charge on any atom is -0.456 e. The SMILES string of the molecule is c1ccc(-c2ccc3c(c2)c2ccccc2n3-c2ccc3oc4ccc(-c5ccc(Cc6ccc7oc8ccccc8c7c6)cc5)cc4c3c2)cc1. The molecule has 0 fully saturated rings. The summed E-state index contributed by atoms with van der Waals surface area (Å²) in [6.45, 7) is 0. The average molecular weight is 666 g/mol. The molecule has 3 aromatic heterocycles. The van der Waals surface area contributed by atoms with E-state index in [1.807, 2.05) is 12.1 Å². The van der Waals surface area contributed by atoms with Crippen LogP contribution in [0.4, 0.5) is 0 Å². The maximum atomic E-state index is 6.38. The maximum absolute atomic E-state index is 6.38. The van der Waals surface area contributed by atoms with E-state index in [0.717, 1.165) is 50.6 Å². The number of furan rings is 2. The molecule has 0 aliphatic carbocycles. The second-order valence-electron chi connectivity index (χ2n) is 13.7. The van der Waals surface area contributed by atoms with Gasteiger partial charge in [0.05, 0.1) is 11.0 Å². The summed E-state index contributed by atoms with van der Waals surface area (Å²) in [7, 11) is 0. The first-order valence-electron chi connectivity index (χ1n) is 17.8. The molecule has 0 aliphatic rings. The van der Waals surface area contributed by atoms with Crippen LogP contribution in [-0.2, 0) is 6.42 Å². The van der Waals surface area contributed by atoms with Crippen LogP contribution < -0.4 is 0 Å². The van der Waals surface area contributed by atoms with Gasteiger partial charge in [0, 0.05) is 38.0 Å². The number of hydrogen-bond acceptors (Lipinski definition) is 2. The molecule has 0 radical (unpaired) electrons. The molecule has 3 heteroatoms. The summed E-state index contributed by atoms with van der Waals surface area (Å²) in [5.74, 6) is 0. The van der Waals surface area contributed by atoms with Crippen LogP contribution in [0.3, 0.4) is 0 Å². The minimum atomic E-state index is 0.861. The summed E-state index contributed by atoms with van der Waals surface area (Å²) >= 11 is 0. The molecule has 3 nitrogen and oxygen atoms in total. The first-order chi connectivity index (χ1) is 25.7. The molecule has 8 aromatic carbocycles. The monoisotopic (exact) mass is 665 g/mol. The van der Waals surface area contributed by atoms with Gasteiger partial charge in [-0.15, -0.1) is 0 Å². The van der Waals surface area contributed by atoms with E-state index < -0.39 is 0 Å². The van der Waals surface area contributed by atoms with Gasteiger partial charge in [-0.05, 0) is 107 Å². The first kappa shape index (κ1) is 28.9. The lowest BCUT2D eigenvalue weighted by Crippen LogP contribution is -1.93. The molecule has 52 heavy (non-hydrogen) atoms. The van der Waals surface area contributed by atoms with Gasteiger partial charge in [0.25, 0.3) is 0 Å². The van der Waals surface area contributed by atoms with Crippen LogP contribution in [0.15, 0.2) is 185 Å². The van der Waals surface area contributed by atoms with Crippen molar-refractivity contribution < 1.29 is 8.83 Å². The van der Waals surface area contributed by atoms with E-state index in [9.17, 15) is 0 Å². The van der Waals surface area contributed by atoms with Crippen LogP contribution in [-0.4, -0.2) is 4.57 Å². The average Bonchev–Trinajstić information content (AvgIpc) is 3.87. The van der Waals surface area contributed by atoms with E-state index in [2.05, 4.69) is 168 Å². The Morgan fingerprint density at radius 1 is 0.327 bits per heavy atom. The maximum Gasteiger partial charge on any atom is 0.135 e. The number of para-hydroxylation sites is 2. The lowest BCUT2D eigenvalue weighted by molar-refractivity contribution is 0.668. The van der Waals surface area contributed by atoms with Crippen molar-refractivity contribution in [1.29, 1.82) is 0 Å². The molecular weight excluding hydrogens is 635 g/mol. The van der Waals surface area contributed by atoms with E-state index >= 15 is 0 Å². The molecule has 0 saturated carbocycles. The van der Waals surface area contributed by atoms with Gasteiger partial charge in [-0.25, -0.2) is 0 Å². The quantitative estimate of drug-likeness (QED) is 0.183. The van der Waals surface area contributed by atoms with Gasteiger partial charge < -0.3 is 13.4 Å². The third-order valence-corrected chi connectivity index (χ3v) is 10.6. The summed E-state index contributed by atoms with van der Waals surface area (Å²) in [5, 5.41) is 7.05. The number of aromatic nitrogens is 1. The van der Waals surface area contributed by atoms with Crippen molar-refractivity contribution in [1.82, 2.24) is 4.57 Å². The van der Waals surface area contributed by atoms with Gasteiger partial charge in [-0.3, -0.25) is 0 Å². The van der Waals surface area contributed by atoms with Crippen molar-refractivity contribution in [3.05, 3.63) is 187 Å². The molecule has 3 heterocycles. The van der Waals surface area contributed by atoms with Crippen LogP contribution in [0.2, 0.25) is 0 Å². The molecule has 11 aromatic rings. The molecule has 0 saturated heterocycles. The number of rotatable bonds is 5. The molecule has 0 unspecified atom stereocenters. The lowest BCUT2D eigenvalue weighted by Gasteiger charge is -2.09. The second-order valence-corrected chi connectivity index (χ2v) is 13.7. The highest BCUT2D eigenvalue weighted by molar-refractivity contribution is 6.12. The Bertz CT molecular complexity index is 3140. The normalized spacial score (nSPS) is 11.9. The smallest absolute Gasteiger partial charge is 0.135 e. The predicted molar refractivity (Wildman–Crippen MR) is 215 cm³/mol. The van der Waals surface area contributed by atoms with Gasteiger partial charge in [0.2, 0.25) is 0 Å². The Morgan fingerprint density at radius 2 is 0.865 bits per heavy atom. The summed E-state index contributed by atoms with van der Waals surface area (Å²) in [5.41, 5.74) is 14.5. The fraction of sp³-hybridized carbons (Fsp3) is 0.0204. The number of nitrogens with zero attached hydrogens (tertiary/aromatic N) is 1. The Labute approximate surface area is 299 Å². The van der Waals surface area contributed by atoms with E-state index in [-0.39, 0.29) is 0 Å². The van der Waals surface area contributed by atoms with E-state index in [1.54, 1.807) is 0 Å². The minimum absolute atomic E-state index is 0.861. The molecule has 0 N–H and O–H groups in total. The summed E-state index contributed by atoms with van der Waals surface area (Å²) < 4.78 is 14.8. The van der Waals surface area contributed by atoms with Gasteiger partial charge in [0.15, 0.2) is 0 Å². The Kier molecular flexibility index (Phi) is 6.31. The molecule has 0 amide bonds. The largest absolute Gasteiger partial charge is 0.456 e. The Hall–Kier alpha value is -6.84. The van der Waals surface area contributed by atoms with Crippen molar-refractivity contribution in [2.24, 2.45) is 0 Å². The zero-order chi connectivity index (χ0) is 34.2. The highest BCUT2D eigenvalue weighted by Gasteiger charge is 2.16. The van der Waals surface area contributed by atoms with E-state index in [4.69, 9.17) is 8.83 Å². The first-order valence-corrected chi connectivity index (χ1v) is 17.8. The van der Waals surface area contributed by atoms with Gasteiger partial charge in [-0.1, -0.05) is 109 Å². The van der Waals surface area contributed by atoms with Crippen molar-refractivity contribution in [3.63, 3.8) is 0 Å². The zero-order valence-corrected chi connectivity index (χ0v) is 28.2. The topological polar surface area (TPSA) is 31.2 Å². The molecule has 0 spiro atoms. The fourth-order valence-corrected chi connectivity index (χ4v) is 8.08. The molecule has 0 bridgehead atoms.